The van der Waals surface area contributed by atoms with Crippen molar-refractivity contribution < 1.29 is 33.0 Å². The first-order valence-corrected chi connectivity index (χ1v) is 11.2. The van der Waals surface area contributed by atoms with Crippen LogP contribution in [0.3, 0.4) is 0 Å². The van der Waals surface area contributed by atoms with E-state index in [1.807, 2.05) is 0 Å². The summed E-state index contributed by atoms with van der Waals surface area (Å²) in [6, 6.07) is 18.4. The van der Waals surface area contributed by atoms with Crippen molar-refractivity contribution >= 4 is 22.9 Å². The number of esters is 2. The van der Waals surface area contributed by atoms with Gasteiger partial charge < -0.3 is 23.4 Å². The minimum atomic E-state index is -0.737. The largest absolute Gasteiger partial charge is 0.497 e. The van der Waals surface area contributed by atoms with E-state index in [-0.39, 0.29) is 35.5 Å². The topological polar surface area (TPSA) is 101 Å². The molecule has 0 aliphatic rings. The Morgan fingerprint density at radius 3 is 2.19 bits per heavy atom. The summed E-state index contributed by atoms with van der Waals surface area (Å²) in [7, 11) is 2.87. The molecule has 1 heterocycles. The number of hydrogen-bond donors (Lipinski definition) is 0. The monoisotopic (exact) mass is 488 g/mol. The summed E-state index contributed by atoms with van der Waals surface area (Å²) in [6.07, 6.45) is 0. The van der Waals surface area contributed by atoms with Crippen molar-refractivity contribution in [3.8, 4) is 22.6 Å². The molecule has 3 aromatic carbocycles. The molecule has 0 aliphatic carbocycles. The SMILES string of the molecule is CCOC(=O)c1oc2cc(OCc3ccc(C(=O)OC)cc3)ccc2c(=O)c1-c1ccc(OC)cc1. The van der Waals surface area contributed by atoms with Crippen LogP contribution in [-0.2, 0) is 16.1 Å². The Bertz CT molecular complexity index is 1450. The highest BCUT2D eigenvalue weighted by molar-refractivity contribution is 5.97. The van der Waals surface area contributed by atoms with E-state index in [0.29, 0.717) is 28.0 Å². The van der Waals surface area contributed by atoms with Crippen molar-refractivity contribution in [1.82, 2.24) is 0 Å². The van der Waals surface area contributed by atoms with Gasteiger partial charge in [-0.15, -0.1) is 0 Å². The van der Waals surface area contributed by atoms with Gasteiger partial charge in [-0.2, -0.15) is 0 Å². The zero-order chi connectivity index (χ0) is 25.7. The van der Waals surface area contributed by atoms with Crippen molar-refractivity contribution in [2.75, 3.05) is 20.8 Å². The molecule has 0 saturated carbocycles. The summed E-state index contributed by atoms with van der Waals surface area (Å²) < 4.78 is 26.8. The summed E-state index contributed by atoms with van der Waals surface area (Å²) in [5.41, 5.74) is 1.71. The van der Waals surface area contributed by atoms with E-state index in [9.17, 15) is 14.4 Å². The highest BCUT2D eigenvalue weighted by Crippen LogP contribution is 2.29. The van der Waals surface area contributed by atoms with Gasteiger partial charge >= 0.3 is 11.9 Å². The van der Waals surface area contributed by atoms with E-state index in [0.717, 1.165) is 5.56 Å². The Morgan fingerprint density at radius 1 is 0.861 bits per heavy atom. The molecule has 0 amide bonds. The van der Waals surface area contributed by atoms with Gasteiger partial charge in [0.2, 0.25) is 11.2 Å². The molecule has 1 aromatic heterocycles. The van der Waals surface area contributed by atoms with Crippen LogP contribution in [0.2, 0.25) is 0 Å². The average Bonchev–Trinajstić information content (AvgIpc) is 2.91. The van der Waals surface area contributed by atoms with Gasteiger partial charge in [0.1, 0.15) is 23.7 Å². The molecule has 0 radical (unpaired) electrons. The highest BCUT2D eigenvalue weighted by Gasteiger charge is 2.23. The minimum absolute atomic E-state index is 0.114. The summed E-state index contributed by atoms with van der Waals surface area (Å²) >= 11 is 0. The van der Waals surface area contributed by atoms with Crippen LogP contribution in [0.25, 0.3) is 22.1 Å². The van der Waals surface area contributed by atoms with E-state index in [4.69, 9.17) is 23.4 Å². The predicted octanol–water partition coefficient (Wildman–Crippen LogP) is 5.01. The first kappa shape index (κ1) is 24.5. The predicted molar refractivity (Wildman–Crippen MR) is 133 cm³/mol. The molecule has 0 fully saturated rings. The number of fused-ring (bicyclic) bond motifs is 1. The van der Waals surface area contributed by atoms with E-state index in [1.54, 1.807) is 80.8 Å². The fourth-order valence-corrected chi connectivity index (χ4v) is 3.65. The third-order valence-electron chi connectivity index (χ3n) is 5.48. The second-order valence-corrected chi connectivity index (χ2v) is 7.72. The Kier molecular flexibility index (Phi) is 7.34. The highest BCUT2D eigenvalue weighted by atomic mass is 16.5. The molecule has 8 heteroatoms. The van der Waals surface area contributed by atoms with Crippen molar-refractivity contribution in [1.29, 1.82) is 0 Å². The average molecular weight is 488 g/mol. The van der Waals surface area contributed by atoms with Crippen LogP contribution >= 0.6 is 0 Å². The Labute approximate surface area is 207 Å². The number of benzene rings is 3. The molecule has 36 heavy (non-hydrogen) atoms. The van der Waals surface area contributed by atoms with Crippen LogP contribution in [0, 0.1) is 0 Å². The summed E-state index contributed by atoms with van der Waals surface area (Å²) in [5, 5.41) is 0.295. The lowest BCUT2D eigenvalue weighted by Crippen LogP contribution is -2.15. The van der Waals surface area contributed by atoms with Crippen LogP contribution < -0.4 is 14.9 Å². The molecular formula is C28H24O8. The summed E-state index contributed by atoms with van der Waals surface area (Å²) in [6.45, 7) is 2.01. The Hall–Kier alpha value is -4.59. The molecule has 184 valence electrons. The van der Waals surface area contributed by atoms with E-state index in [1.165, 1.54) is 7.11 Å². The van der Waals surface area contributed by atoms with Crippen LogP contribution in [0.5, 0.6) is 11.5 Å². The maximum Gasteiger partial charge on any atom is 0.375 e. The Morgan fingerprint density at radius 2 is 1.56 bits per heavy atom. The van der Waals surface area contributed by atoms with E-state index in [2.05, 4.69) is 0 Å². The lowest BCUT2D eigenvalue weighted by molar-refractivity contribution is 0.0491. The molecule has 0 bridgehead atoms. The van der Waals surface area contributed by atoms with Gasteiger partial charge in [0.05, 0.1) is 37.3 Å². The van der Waals surface area contributed by atoms with Crippen molar-refractivity contribution in [3.63, 3.8) is 0 Å². The number of hydrogen-bond acceptors (Lipinski definition) is 8. The van der Waals surface area contributed by atoms with Gasteiger partial charge in [0.15, 0.2) is 0 Å². The molecule has 0 aliphatic heterocycles. The smallest absolute Gasteiger partial charge is 0.375 e. The van der Waals surface area contributed by atoms with Crippen molar-refractivity contribution in [2.24, 2.45) is 0 Å². The summed E-state index contributed by atoms with van der Waals surface area (Å²) in [5.74, 6) is -0.286. The second kappa shape index (κ2) is 10.8. The minimum Gasteiger partial charge on any atom is -0.497 e. The van der Waals surface area contributed by atoms with Crippen molar-refractivity contribution in [3.05, 3.63) is 93.8 Å². The molecule has 0 atom stereocenters. The van der Waals surface area contributed by atoms with Crippen LogP contribution in [0.15, 0.2) is 75.9 Å². The molecule has 0 N–H and O–H groups in total. The third-order valence-corrected chi connectivity index (χ3v) is 5.48. The number of rotatable bonds is 8. The fourth-order valence-electron chi connectivity index (χ4n) is 3.65. The molecule has 0 spiro atoms. The first-order chi connectivity index (χ1) is 17.4. The maximum absolute atomic E-state index is 13.4. The zero-order valence-electron chi connectivity index (χ0n) is 20.0. The van der Waals surface area contributed by atoms with Crippen LogP contribution in [0.4, 0.5) is 0 Å². The molecule has 0 unspecified atom stereocenters. The lowest BCUT2D eigenvalue weighted by Gasteiger charge is -2.11. The zero-order valence-corrected chi connectivity index (χ0v) is 20.0. The molecule has 0 saturated heterocycles. The molecular weight excluding hydrogens is 464 g/mol. The number of ether oxygens (including phenoxy) is 4. The lowest BCUT2D eigenvalue weighted by atomic mass is 10.0. The first-order valence-electron chi connectivity index (χ1n) is 11.2. The van der Waals surface area contributed by atoms with Gasteiger partial charge in [-0.25, -0.2) is 9.59 Å². The van der Waals surface area contributed by atoms with Gasteiger partial charge in [-0.1, -0.05) is 24.3 Å². The molecule has 4 rings (SSSR count). The van der Waals surface area contributed by atoms with E-state index >= 15 is 0 Å². The standard InChI is InChI=1S/C28H24O8/c1-4-34-28(31)26-24(18-9-11-20(32-2)12-10-18)25(29)22-14-13-21(15-23(22)36-26)35-16-17-5-7-19(8-6-17)27(30)33-3/h5-15H,4,16H2,1-3H3. The number of carbonyl (C=O) groups excluding carboxylic acids is 2. The maximum atomic E-state index is 13.4. The molecule has 8 nitrogen and oxygen atoms in total. The quantitative estimate of drug-likeness (QED) is 0.319. The van der Waals surface area contributed by atoms with Gasteiger partial charge in [0, 0.05) is 6.07 Å². The van der Waals surface area contributed by atoms with Crippen molar-refractivity contribution in [2.45, 2.75) is 13.5 Å². The fraction of sp³-hybridized carbons (Fsp3) is 0.179. The number of methoxy groups -OCH3 is 2. The third kappa shape index (κ3) is 5.07. The van der Waals surface area contributed by atoms with Crippen LogP contribution in [0.1, 0.15) is 33.4 Å². The summed E-state index contributed by atoms with van der Waals surface area (Å²) in [4.78, 5) is 37.7. The van der Waals surface area contributed by atoms with Gasteiger partial charge in [-0.3, -0.25) is 4.79 Å². The second-order valence-electron chi connectivity index (χ2n) is 7.72. The van der Waals surface area contributed by atoms with Gasteiger partial charge in [0.25, 0.3) is 0 Å². The van der Waals surface area contributed by atoms with E-state index < -0.39 is 11.9 Å². The van der Waals surface area contributed by atoms with Gasteiger partial charge in [-0.05, 0) is 54.4 Å². The Balaban J connectivity index is 1.68. The molecule has 4 aromatic rings. The van der Waals surface area contributed by atoms with Crippen LogP contribution in [-0.4, -0.2) is 32.8 Å². The number of carbonyl (C=O) groups is 2. The normalized spacial score (nSPS) is 10.6.